The molecule has 4 heterocycles. The summed E-state index contributed by atoms with van der Waals surface area (Å²) in [5.74, 6) is 0.979. The van der Waals surface area contributed by atoms with Gasteiger partial charge in [-0.15, -0.1) is 0 Å². The Kier molecular flexibility index (Phi) is 6.24. The molecule has 2 fully saturated rings. The number of hydrogen-bond donors (Lipinski definition) is 0. The molecule has 0 saturated carbocycles. The van der Waals surface area contributed by atoms with Gasteiger partial charge >= 0.3 is 6.18 Å². The van der Waals surface area contributed by atoms with E-state index in [2.05, 4.69) is 28.6 Å². The molecular weight excluding hydrogens is 484 g/mol. The highest BCUT2D eigenvalue weighted by Gasteiger charge is 2.39. The molecule has 2 aliphatic heterocycles. The molecule has 5 rings (SSSR count). The molecule has 2 saturated heterocycles. The Morgan fingerprint density at radius 3 is 2.43 bits per heavy atom. The van der Waals surface area contributed by atoms with Gasteiger partial charge in [0.05, 0.1) is 11.3 Å². The molecular formula is C27H30F4N6. The molecule has 2 aliphatic rings. The van der Waals surface area contributed by atoms with Crippen LogP contribution in [0.2, 0.25) is 0 Å². The SMILES string of the molecule is Cc1cc(-c2cc(N3CCN(c4ncccc4C(F)(F)F)C[C@H]3C)nc(N3CCC3(C)C)n2)ccc1F. The zero-order chi connectivity index (χ0) is 26.5. The highest BCUT2D eigenvalue weighted by atomic mass is 19.4. The molecule has 0 aliphatic carbocycles. The van der Waals surface area contributed by atoms with Crippen LogP contribution < -0.4 is 14.7 Å². The molecule has 2 aromatic heterocycles. The summed E-state index contributed by atoms with van der Waals surface area (Å²) in [6.07, 6.45) is -2.06. The normalized spacial score (nSPS) is 19.7. The van der Waals surface area contributed by atoms with Crippen LogP contribution in [0.1, 0.15) is 38.3 Å². The number of aromatic nitrogens is 3. The number of piperazine rings is 1. The van der Waals surface area contributed by atoms with Crippen LogP contribution in [0, 0.1) is 12.7 Å². The topological polar surface area (TPSA) is 48.4 Å². The van der Waals surface area contributed by atoms with Crippen LogP contribution in [0.25, 0.3) is 11.3 Å². The Balaban J connectivity index is 1.48. The minimum absolute atomic E-state index is 0.0466. The molecule has 0 spiro atoms. The van der Waals surface area contributed by atoms with E-state index in [-0.39, 0.29) is 23.2 Å². The van der Waals surface area contributed by atoms with E-state index in [1.807, 2.05) is 13.0 Å². The van der Waals surface area contributed by atoms with Crippen molar-refractivity contribution in [3.63, 3.8) is 0 Å². The molecule has 3 aromatic rings. The fourth-order valence-corrected chi connectivity index (χ4v) is 5.04. The summed E-state index contributed by atoms with van der Waals surface area (Å²) in [5.41, 5.74) is 1.20. The van der Waals surface area contributed by atoms with Gasteiger partial charge in [0.15, 0.2) is 0 Å². The average Bonchev–Trinajstić information content (AvgIpc) is 2.84. The molecule has 0 amide bonds. The third-order valence-electron chi connectivity index (χ3n) is 7.39. The van der Waals surface area contributed by atoms with E-state index >= 15 is 0 Å². The van der Waals surface area contributed by atoms with Crippen molar-refractivity contribution in [1.82, 2.24) is 15.0 Å². The first-order chi connectivity index (χ1) is 17.4. The lowest BCUT2D eigenvalue weighted by atomic mass is 9.89. The highest BCUT2D eigenvalue weighted by molar-refractivity contribution is 5.67. The van der Waals surface area contributed by atoms with Gasteiger partial charge in [-0.25, -0.2) is 14.4 Å². The molecule has 1 atom stereocenters. The minimum Gasteiger partial charge on any atom is -0.352 e. The van der Waals surface area contributed by atoms with Crippen molar-refractivity contribution < 1.29 is 17.6 Å². The first-order valence-corrected chi connectivity index (χ1v) is 12.4. The molecule has 0 N–H and O–H groups in total. The lowest BCUT2D eigenvalue weighted by Gasteiger charge is -2.49. The molecule has 1 aromatic carbocycles. The molecule has 196 valence electrons. The van der Waals surface area contributed by atoms with Gasteiger partial charge in [0.2, 0.25) is 5.95 Å². The largest absolute Gasteiger partial charge is 0.419 e. The van der Waals surface area contributed by atoms with Crippen LogP contribution in [0.4, 0.5) is 35.1 Å². The maximum absolute atomic E-state index is 14.0. The fraction of sp³-hybridized carbons (Fsp3) is 0.444. The van der Waals surface area contributed by atoms with Gasteiger partial charge in [-0.3, -0.25) is 0 Å². The minimum atomic E-state index is -4.47. The van der Waals surface area contributed by atoms with Gasteiger partial charge in [-0.05, 0) is 70.0 Å². The van der Waals surface area contributed by atoms with Gasteiger partial charge in [-0.2, -0.15) is 18.2 Å². The van der Waals surface area contributed by atoms with E-state index in [0.717, 1.165) is 24.6 Å². The van der Waals surface area contributed by atoms with E-state index in [4.69, 9.17) is 9.97 Å². The number of rotatable bonds is 4. The van der Waals surface area contributed by atoms with Crippen molar-refractivity contribution in [2.45, 2.75) is 51.9 Å². The van der Waals surface area contributed by atoms with E-state index in [0.29, 0.717) is 42.7 Å². The predicted molar refractivity (Wildman–Crippen MR) is 136 cm³/mol. The highest BCUT2D eigenvalue weighted by Crippen LogP contribution is 2.38. The maximum atomic E-state index is 14.0. The number of alkyl halides is 3. The van der Waals surface area contributed by atoms with Crippen LogP contribution in [0.3, 0.4) is 0 Å². The van der Waals surface area contributed by atoms with Crippen molar-refractivity contribution in [3.05, 3.63) is 59.5 Å². The Bertz CT molecular complexity index is 1310. The smallest absolute Gasteiger partial charge is 0.352 e. The number of aryl methyl sites for hydroxylation is 1. The molecule has 6 nitrogen and oxygen atoms in total. The number of nitrogens with zero attached hydrogens (tertiary/aromatic N) is 6. The van der Waals surface area contributed by atoms with Crippen molar-refractivity contribution in [3.8, 4) is 11.3 Å². The van der Waals surface area contributed by atoms with Crippen molar-refractivity contribution >= 4 is 17.6 Å². The zero-order valence-electron chi connectivity index (χ0n) is 21.3. The number of hydrogen-bond acceptors (Lipinski definition) is 6. The van der Waals surface area contributed by atoms with Crippen LogP contribution in [0.5, 0.6) is 0 Å². The standard InChI is InChI=1S/C27H30F4N6/c1-17-14-19(7-8-21(17)28)22-15-23(34-25(33-22)37-11-9-26(37,3)4)36-13-12-35(16-18(36)2)24-20(27(29,30)31)6-5-10-32-24/h5-8,10,14-15,18H,9,11-13,16H2,1-4H3/t18-/m1/s1. The monoisotopic (exact) mass is 514 g/mol. The Labute approximate surface area is 214 Å². The summed E-state index contributed by atoms with van der Waals surface area (Å²) < 4.78 is 54.8. The third kappa shape index (κ3) is 4.81. The maximum Gasteiger partial charge on any atom is 0.419 e. The van der Waals surface area contributed by atoms with Gasteiger partial charge < -0.3 is 14.7 Å². The molecule has 10 heteroatoms. The molecule has 0 bridgehead atoms. The summed E-state index contributed by atoms with van der Waals surface area (Å²) in [5, 5.41) is 0. The van der Waals surface area contributed by atoms with Gasteiger partial charge in [0.1, 0.15) is 17.5 Å². The second kappa shape index (κ2) is 9.15. The summed E-state index contributed by atoms with van der Waals surface area (Å²) in [6.45, 7) is 10.00. The lowest BCUT2D eigenvalue weighted by molar-refractivity contribution is -0.137. The molecule has 37 heavy (non-hydrogen) atoms. The number of benzene rings is 1. The van der Waals surface area contributed by atoms with Crippen LogP contribution >= 0.6 is 0 Å². The first kappa shape index (κ1) is 25.2. The fourth-order valence-electron chi connectivity index (χ4n) is 5.04. The van der Waals surface area contributed by atoms with Crippen LogP contribution in [-0.2, 0) is 6.18 Å². The zero-order valence-corrected chi connectivity index (χ0v) is 21.3. The van der Waals surface area contributed by atoms with E-state index in [1.54, 1.807) is 24.0 Å². The quantitative estimate of drug-likeness (QED) is 0.416. The van der Waals surface area contributed by atoms with Gasteiger partial charge in [-0.1, -0.05) is 0 Å². The van der Waals surface area contributed by atoms with Crippen molar-refractivity contribution in [2.24, 2.45) is 0 Å². The van der Waals surface area contributed by atoms with E-state index in [9.17, 15) is 17.6 Å². The Hall–Kier alpha value is -3.43. The number of anilines is 3. The van der Waals surface area contributed by atoms with Crippen molar-refractivity contribution in [2.75, 3.05) is 40.9 Å². The Morgan fingerprint density at radius 1 is 1.03 bits per heavy atom. The summed E-state index contributed by atoms with van der Waals surface area (Å²) in [4.78, 5) is 19.7. The predicted octanol–water partition coefficient (Wildman–Crippen LogP) is 5.71. The Morgan fingerprint density at radius 2 is 1.81 bits per heavy atom. The molecule has 0 unspecified atom stereocenters. The van der Waals surface area contributed by atoms with Crippen molar-refractivity contribution in [1.29, 1.82) is 0 Å². The second-order valence-electron chi connectivity index (χ2n) is 10.5. The van der Waals surface area contributed by atoms with Gasteiger partial charge in [0, 0.05) is 55.6 Å². The summed E-state index contributed by atoms with van der Waals surface area (Å²) >= 11 is 0. The van der Waals surface area contributed by atoms with E-state index < -0.39 is 11.7 Å². The van der Waals surface area contributed by atoms with Crippen LogP contribution in [-0.4, -0.2) is 52.7 Å². The summed E-state index contributed by atoms with van der Waals surface area (Å²) in [6, 6.07) is 9.05. The first-order valence-electron chi connectivity index (χ1n) is 12.4. The second-order valence-corrected chi connectivity index (χ2v) is 10.5. The lowest BCUT2D eigenvalue weighted by Crippen LogP contribution is -2.57. The third-order valence-corrected chi connectivity index (χ3v) is 7.39. The molecule has 0 radical (unpaired) electrons. The number of pyridine rings is 1. The van der Waals surface area contributed by atoms with E-state index in [1.165, 1.54) is 18.3 Å². The average molecular weight is 515 g/mol. The van der Waals surface area contributed by atoms with Gasteiger partial charge in [0.25, 0.3) is 0 Å². The van der Waals surface area contributed by atoms with Crippen LogP contribution in [0.15, 0.2) is 42.6 Å². The summed E-state index contributed by atoms with van der Waals surface area (Å²) in [7, 11) is 0. The number of halogens is 4.